The maximum Gasteiger partial charge on any atom is 0.0892 e. The third kappa shape index (κ3) is 11.3. The number of aliphatic hydroxyl groups is 1. The molecule has 0 aromatic rings. The molecule has 0 saturated carbocycles. The minimum absolute atomic E-state index is 0.254. The smallest absolute Gasteiger partial charge is 0.0892 e. The highest BCUT2D eigenvalue weighted by Crippen LogP contribution is 1.97. The molecule has 0 aliphatic heterocycles. The number of rotatable bonds is 9. The standard InChI is InChI=1S/C11H22N2O/c1-2-3-4-5-8-12-11-13-9-6-7-10-14/h14H,2-10H2,1H3. The van der Waals surface area contributed by atoms with Gasteiger partial charge < -0.3 is 5.11 Å². The minimum atomic E-state index is 0.254. The number of aliphatic hydroxyl groups excluding tert-OH is 1. The van der Waals surface area contributed by atoms with Gasteiger partial charge in [-0.25, -0.2) is 9.98 Å². The molecule has 1 N–H and O–H groups in total. The highest BCUT2D eigenvalue weighted by atomic mass is 16.2. The van der Waals surface area contributed by atoms with Gasteiger partial charge >= 0.3 is 0 Å². The largest absolute Gasteiger partial charge is 0.396 e. The summed E-state index contributed by atoms with van der Waals surface area (Å²) in [6.07, 6.45) is 6.71. The van der Waals surface area contributed by atoms with Gasteiger partial charge in [-0.2, -0.15) is 0 Å². The second-order valence-corrected chi connectivity index (χ2v) is 3.35. The van der Waals surface area contributed by atoms with E-state index in [4.69, 9.17) is 5.11 Å². The molecule has 0 aromatic heterocycles. The van der Waals surface area contributed by atoms with E-state index in [1.807, 2.05) is 0 Å². The second kappa shape index (κ2) is 12.3. The summed E-state index contributed by atoms with van der Waals surface area (Å²) in [4.78, 5) is 8.06. The summed E-state index contributed by atoms with van der Waals surface area (Å²) in [7, 11) is 0. The van der Waals surface area contributed by atoms with E-state index in [0.717, 1.165) is 32.4 Å². The molecule has 0 rings (SSSR count). The molecule has 82 valence electrons. The highest BCUT2D eigenvalue weighted by Gasteiger charge is 1.84. The van der Waals surface area contributed by atoms with Gasteiger partial charge in [0.15, 0.2) is 0 Å². The van der Waals surface area contributed by atoms with Crippen LogP contribution in [0.3, 0.4) is 0 Å². The van der Waals surface area contributed by atoms with Crippen LogP contribution in [-0.4, -0.2) is 30.8 Å². The lowest BCUT2D eigenvalue weighted by Gasteiger charge is -1.92. The van der Waals surface area contributed by atoms with Gasteiger partial charge in [-0.15, -0.1) is 0 Å². The van der Waals surface area contributed by atoms with Crippen LogP contribution in [-0.2, 0) is 0 Å². The van der Waals surface area contributed by atoms with E-state index in [0.29, 0.717) is 0 Å². The fourth-order valence-electron chi connectivity index (χ4n) is 1.07. The molecule has 3 heteroatoms. The van der Waals surface area contributed by atoms with Gasteiger partial charge in [0.2, 0.25) is 0 Å². The van der Waals surface area contributed by atoms with Crippen molar-refractivity contribution < 1.29 is 5.11 Å². The number of hydrogen-bond acceptors (Lipinski definition) is 3. The molecular weight excluding hydrogens is 176 g/mol. The first-order chi connectivity index (χ1) is 6.91. The third-order valence-electron chi connectivity index (χ3n) is 1.94. The Hall–Kier alpha value is -0.660. The monoisotopic (exact) mass is 198 g/mol. The first kappa shape index (κ1) is 13.3. The van der Waals surface area contributed by atoms with Gasteiger partial charge in [0.1, 0.15) is 0 Å². The first-order valence-corrected chi connectivity index (χ1v) is 5.60. The first-order valence-electron chi connectivity index (χ1n) is 5.60. The van der Waals surface area contributed by atoms with Crippen molar-refractivity contribution in [1.82, 2.24) is 0 Å². The Bertz CT molecular complexity index is 163. The molecule has 0 heterocycles. The van der Waals surface area contributed by atoms with E-state index < -0.39 is 0 Å². The molecule has 0 aliphatic carbocycles. The fourth-order valence-corrected chi connectivity index (χ4v) is 1.07. The van der Waals surface area contributed by atoms with Gasteiger partial charge in [0.05, 0.1) is 6.01 Å². The second-order valence-electron chi connectivity index (χ2n) is 3.35. The Morgan fingerprint density at radius 2 is 1.57 bits per heavy atom. The minimum Gasteiger partial charge on any atom is -0.396 e. The zero-order valence-electron chi connectivity index (χ0n) is 9.21. The van der Waals surface area contributed by atoms with E-state index >= 15 is 0 Å². The predicted molar refractivity (Wildman–Crippen MR) is 60.1 cm³/mol. The molecule has 0 atom stereocenters. The van der Waals surface area contributed by atoms with Crippen molar-refractivity contribution in [1.29, 1.82) is 0 Å². The van der Waals surface area contributed by atoms with Gasteiger partial charge in [0, 0.05) is 19.7 Å². The quantitative estimate of drug-likeness (QED) is 0.449. The maximum atomic E-state index is 8.50. The Morgan fingerprint density at radius 1 is 0.929 bits per heavy atom. The maximum absolute atomic E-state index is 8.50. The van der Waals surface area contributed by atoms with Gasteiger partial charge in [0.25, 0.3) is 0 Å². The zero-order chi connectivity index (χ0) is 10.5. The lowest BCUT2D eigenvalue weighted by atomic mass is 10.2. The van der Waals surface area contributed by atoms with Crippen LogP contribution in [0.25, 0.3) is 0 Å². The van der Waals surface area contributed by atoms with Crippen molar-refractivity contribution in [3.8, 4) is 0 Å². The van der Waals surface area contributed by atoms with Crippen molar-refractivity contribution in [2.75, 3.05) is 19.7 Å². The van der Waals surface area contributed by atoms with Crippen LogP contribution in [0.4, 0.5) is 0 Å². The van der Waals surface area contributed by atoms with Crippen molar-refractivity contribution in [2.24, 2.45) is 9.98 Å². The molecule has 0 saturated heterocycles. The topological polar surface area (TPSA) is 45.0 Å². The van der Waals surface area contributed by atoms with Crippen LogP contribution in [0.1, 0.15) is 45.4 Å². The van der Waals surface area contributed by atoms with E-state index in [1.54, 1.807) is 0 Å². The van der Waals surface area contributed by atoms with Crippen molar-refractivity contribution >= 4 is 6.01 Å². The number of unbranched alkanes of at least 4 members (excludes halogenated alkanes) is 4. The highest BCUT2D eigenvalue weighted by molar-refractivity contribution is 5.40. The lowest BCUT2D eigenvalue weighted by molar-refractivity contribution is 0.285. The van der Waals surface area contributed by atoms with Gasteiger partial charge in [-0.3, -0.25) is 0 Å². The normalized spacial score (nSPS) is 9.57. The van der Waals surface area contributed by atoms with Crippen LogP contribution < -0.4 is 0 Å². The molecule has 0 aromatic carbocycles. The molecule has 0 bridgehead atoms. The molecule has 3 nitrogen and oxygen atoms in total. The summed E-state index contributed by atoms with van der Waals surface area (Å²) in [6.45, 7) is 4.04. The zero-order valence-corrected chi connectivity index (χ0v) is 9.21. The van der Waals surface area contributed by atoms with E-state index in [-0.39, 0.29) is 6.61 Å². The number of hydrogen-bond donors (Lipinski definition) is 1. The van der Waals surface area contributed by atoms with Crippen LogP contribution in [0, 0.1) is 0 Å². The van der Waals surface area contributed by atoms with Crippen LogP contribution in [0.5, 0.6) is 0 Å². The van der Waals surface area contributed by atoms with E-state index in [9.17, 15) is 0 Å². The third-order valence-corrected chi connectivity index (χ3v) is 1.94. The molecule has 0 radical (unpaired) electrons. The molecule has 0 unspecified atom stereocenters. The summed E-state index contributed by atoms with van der Waals surface area (Å²) in [5.41, 5.74) is 0. The average Bonchev–Trinajstić information content (AvgIpc) is 2.21. The Kier molecular flexibility index (Phi) is 11.8. The summed E-state index contributed by atoms with van der Waals surface area (Å²) < 4.78 is 0. The Morgan fingerprint density at radius 3 is 2.14 bits per heavy atom. The summed E-state index contributed by atoms with van der Waals surface area (Å²) in [5, 5.41) is 8.50. The van der Waals surface area contributed by atoms with Crippen molar-refractivity contribution in [3.63, 3.8) is 0 Å². The molecule has 0 aliphatic rings. The average molecular weight is 198 g/mol. The molecule has 14 heavy (non-hydrogen) atoms. The number of nitrogens with zero attached hydrogens (tertiary/aromatic N) is 2. The summed E-state index contributed by atoms with van der Waals surface area (Å²) >= 11 is 0. The Balaban J connectivity index is 3.16. The van der Waals surface area contributed by atoms with Gasteiger partial charge in [-0.1, -0.05) is 26.2 Å². The fraction of sp³-hybridized carbons (Fsp3) is 0.909. The molecular formula is C11H22N2O. The van der Waals surface area contributed by atoms with Crippen LogP contribution in [0.2, 0.25) is 0 Å². The SMILES string of the molecule is CCCCCCN=C=NCCCCO. The molecule has 0 fully saturated rings. The van der Waals surface area contributed by atoms with E-state index in [1.165, 1.54) is 19.3 Å². The predicted octanol–water partition coefficient (Wildman–Crippen LogP) is 2.51. The number of aliphatic imine (C=N–C) groups is 2. The van der Waals surface area contributed by atoms with Crippen LogP contribution >= 0.6 is 0 Å². The lowest BCUT2D eigenvalue weighted by Crippen LogP contribution is -1.85. The van der Waals surface area contributed by atoms with E-state index in [2.05, 4.69) is 22.9 Å². The molecule has 0 amide bonds. The molecule has 0 spiro atoms. The Labute approximate surface area is 87.0 Å². The van der Waals surface area contributed by atoms with Crippen molar-refractivity contribution in [2.45, 2.75) is 45.4 Å². The van der Waals surface area contributed by atoms with Gasteiger partial charge in [-0.05, 0) is 19.3 Å². The summed E-state index contributed by atoms with van der Waals surface area (Å²) in [6, 6.07) is 2.69. The van der Waals surface area contributed by atoms with Crippen molar-refractivity contribution in [3.05, 3.63) is 0 Å². The summed E-state index contributed by atoms with van der Waals surface area (Å²) in [5.74, 6) is 0. The van der Waals surface area contributed by atoms with Crippen LogP contribution in [0.15, 0.2) is 9.98 Å².